The fourth-order valence-corrected chi connectivity index (χ4v) is 4.61. The zero-order valence-corrected chi connectivity index (χ0v) is 19.5. The van der Waals surface area contributed by atoms with E-state index in [1.807, 2.05) is 18.3 Å². The number of fused-ring (bicyclic) bond motifs is 1. The highest BCUT2D eigenvalue weighted by molar-refractivity contribution is 5.93. The number of amides is 1. The molecule has 0 saturated carbocycles. The number of primary amides is 1. The predicted octanol–water partition coefficient (Wildman–Crippen LogP) is 6.36. The molecule has 1 heterocycles. The second kappa shape index (κ2) is 8.62. The summed E-state index contributed by atoms with van der Waals surface area (Å²) < 4.78 is 2.13. The summed E-state index contributed by atoms with van der Waals surface area (Å²) in [6, 6.07) is 18.7. The van der Waals surface area contributed by atoms with Gasteiger partial charge in [0.15, 0.2) is 0 Å². The van der Waals surface area contributed by atoms with Crippen molar-refractivity contribution in [1.82, 2.24) is 9.78 Å². The van der Waals surface area contributed by atoms with Crippen molar-refractivity contribution < 1.29 is 4.79 Å². The highest BCUT2D eigenvalue weighted by Crippen LogP contribution is 2.35. The highest BCUT2D eigenvalue weighted by atomic mass is 16.1. The van der Waals surface area contributed by atoms with E-state index >= 15 is 0 Å². The van der Waals surface area contributed by atoms with E-state index in [1.165, 1.54) is 33.2 Å². The van der Waals surface area contributed by atoms with E-state index in [0.717, 1.165) is 17.5 Å². The number of carbonyl (C=O) groups excluding carboxylic acids is 1. The lowest BCUT2D eigenvalue weighted by Crippen LogP contribution is -2.15. The number of nitrogens with zero attached hydrogens (tertiary/aromatic N) is 2. The Morgan fingerprint density at radius 2 is 1.66 bits per heavy atom. The summed E-state index contributed by atoms with van der Waals surface area (Å²) in [5.41, 5.74) is 14.5. The third-order valence-corrected chi connectivity index (χ3v) is 6.29. The van der Waals surface area contributed by atoms with Crippen molar-refractivity contribution in [3.05, 3.63) is 88.6 Å². The van der Waals surface area contributed by atoms with E-state index in [1.54, 1.807) is 12.1 Å². The van der Waals surface area contributed by atoms with Crippen LogP contribution in [-0.4, -0.2) is 15.7 Å². The summed E-state index contributed by atoms with van der Waals surface area (Å²) in [5.74, 6) is 0.0849. The third kappa shape index (κ3) is 4.05. The fraction of sp³-hybridized carbons (Fsp3) is 0.286. The first-order valence-corrected chi connectivity index (χ1v) is 11.2. The van der Waals surface area contributed by atoms with Gasteiger partial charge in [0.05, 0.1) is 17.8 Å². The molecule has 0 fully saturated rings. The van der Waals surface area contributed by atoms with Gasteiger partial charge in [0.1, 0.15) is 0 Å². The van der Waals surface area contributed by atoms with Gasteiger partial charge in [0.25, 0.3) is 0 Å². The van der Waals surface area contributed by atoms with Gasteiger partial charge in [0.2, 0.25) is 5.91 Å². The Balaban J connectivity index is 1.81. The van der Waals surface area contributed by atoms with Gasteiger partial charge < -0.3 is 5.73 Å². The lowest BCUT2D eigenvalue weighted by Gasteiger charge is -2.22. The highest BCUT2D eigenvalue weighted by Gasteiger charge is 2.20. The van der Waals surface area contributed by atoms with Gasteiger partial charge in [0, 0.05) is 10.9 Å². The van der Waals surface area contributed by atoms with Gasteiger partial charge >= 0.3 is 0 Å². The molecule has 0 spiro atoms. The van der Waals surface area contributed by atoms with E-state index in [0.29, 0.717) is 11.5 Å². The first-order valence-electron chi connectivity index (χ1n) is 11.2. The second-order valence-corrected chi connectivity index (χ2v) is 9.21. The average molecular weight is 426 g/mol. The van der Waals surface area contributed by atoms with E-state index in [-0.39, 0.29) is 6.04 Å². The third-order valence-electron chi connectivity index (χ3n) is 6.29. The Kier molecular flexibility index (Phi) is 5.88. The van der Waals surface area contributed by atoms with E-state index in [4.69, 9.17) is 10.8 Å². The number of benzene rings is 3. The smallest absolute Gasteiger partial charge is 0.248 e. The van der Waals surface area contributed by atoms with Crippen molar-refractivity contribution in [3.8, 4) is 11.1 Å². The van der Waals surface area contributed by atoms with E-state index in [9.17, 15) is 4.79 Å². The maximum atomic E-state index is 11.5. The molecular formula is C28H31N3O. The molecule has 2 N–H and O–H groups in total. The Morgan fingerprint density at radius 3 is 2.28 bits per heavy atom. The maximum absolute atomic E-state index is 11.5. The van der Waals surface area contributed by atoms with Crippen LogP contribution >= 0.6 is 0 Å². The molecule has 4 heteroatoms. The molecule has 0 saturated heterocycles. The number of nitrogens with two attached hydrogens (primary N) is 1. The molecule has 0 aliphatic heterocycles. The van der Waals surface area contributed by atoms with Crippen molar-refractivity contribution in [2.75, 3.05) is 0 Å². The van der Waals surface area contributed by atoms with Gasteiger partial charge in [-0.25, -0.2) is 0 Å². The standard InChI is InChI=1S/C28H31N3O/c1-17(2)14-27(21-7-9-22(10-8-21)28(29)32)31-26-13-12-24(20(5)25(26)16-30-31)23-11-6-18(3)15-19(23)4/h6-13,15-17,27H,14H2,1-5H3,(H2,29,32). The Morgan fingerprint density at radius 1 is 0.969 bits per heavy atom. The molecule has 0 aliphatic carbocycles. The molecule has 32 heavy (non-hydrogen) atoms. The molecule has 0 radical (unpaired) electrons. The quantitative estimate of drug-likeness (QED) is 0.390. The van der Waals surface area contributed by atoms with Crippen LogP contribution in [0, 0.1) is 26.7 Å². The summed E-state index contributed by atoms with van der Waals surface area (Å²) in [4.78, 5) is 11.5. The topological polar surface area (TPSA) is 60.9 Å². The van der Waals surface area contributed by atoms with Crippen molar-refractivity contribution in [2.24, 2.45) is 11.7 Å². The number of carbonyl (C=O) groups is 1. The number of hydrogen-bond acceptors (Lipinski definition) is 2. The maximum Gasteiger partial charge on any atom is 0.248 e. The molecule has 4 nitrogen and oxygen atoms in total. The van der Waals surface area contributed by atoms with Crippen molar-refractivity contribution in [1.29, 1.82) is 0 Å². The number of aromatic nitrogens is 2. The van der Waals surface area contributed by atoms with Gasteiger partial charge in [-0.1, -0.05) is 55.8 Å². The monoisotopic (exact) mass is 425 g/mol. The van der Waals surface area contributed by atoms with Gasteiger partial charge in [-0.05, 0) is 79.1 Å². The van der Waals surface area contributed by atoms with E-state index < -0.39 is 5.91 Å². The normalized spacial score (nSPS) is 12.4. The van der Waals surface area contributed by atoms with Crippen molar-refractivity contribution in [2.45, 2.75) is 47.1 Å². The largest absolute Gasteiger partial charge is 0.366 e. The van der Waals surface area contributed by atoms with Gasteiger partial charge in [-0.15, -0.1) is 0 Å². The molecule has 0 bridgehead atoms. The minimum Gasteiger partial charge on any atom is -0.366 e. The molecule has 164 valence electrons. The second-order valence-electron chi connectivity index (χ2n) is 9.21. The van der Waals surface area contributed by atoms with Crippen LogP contribution in [0.1, 0.15) is 58.9 Å². The summed E-state index contributed by atoms with van der Waals surface area (Å²) in [6.07, 6.45) is 2.94. The Hall–Kier alpha value is -3.40. The SMILES string of the molecule is Cc1ccc(-c2ccc3c(cnn3C(CC(C)C)c3ccc(C(N)=O)cc3)c2C)c(C)c1. The molecule has 1 aromatic heterocycles. The first kappa shape index (κ1) is 21.8. The summed E-state index contributed by atoms with van der Waals surface area (Å²) in [7, 11) is 0. The van der Waals surface area contributed by atoms with Crippen LogP contribution in [0.25, 0.3) is 22.0 Å². The van der Waals surface area contributed by atoms with Gasteiger partial charge in [-0.3, -0.25) is 9.48 Å². The van der Waals surface area contributed by atoms with Crippen LogP contribution in [0.4, 0.5) is 0 Å². The molecule has 4 aromatic rings. The Labute approximate surface area is 190 Å². The summed E-state index contributed by atoms with van der Waals surface area (Å²) in [5, 5.41) is 6.01. The molecule has 1 amide bonds. The molecule has 1 unspecified atom stereocenters. The fourth-order valence-electron chi connectivity index (χ4n) is 4.61. The summed E-state index contributed by atoms with van der Waals surface area (Å²) >= 11 is 0. The zero-order valence-electron chi connectivity index (χ0n) is 19.5. The predicted molar refractivity (Wildman–Crippen MR) is 132 cm³/mol. The molecular weight excluding hydrogens is 394 g/mol. The zero-order chi connectivity index (χ0) is 23.0. The summed E-state index contributed by atoms with van der Waals surface area (Å²) in [6.45, 7) is 10.9. The van der Waals surface area contributed by atoms with Gasteiger partial charge in [-0.2, -0.15) is 5.10 Å². The number of aryl methyl sites for hydroxylation is 3. The molecule has 4 rings (SSSR count). The lowest BCUT2D eigenvalue weighted by atomic mass is 9.93. The first-order chi connectivity index (χ1) is 15.3. The van der Waals surface area contributed by atoms with Crippen molar-refractivity contribution in [3.63, 3.8) is 0 Å². The van der Waals surface area contributed by atoms with E-state index in [2.05, 4.69) is 69.6 Å². The van der Waals surface area contributed by atoms with Crippen LogP contribution < -0.4 is 5.73 Å². The molecule has 0 aliphatic rings. The number of hydrogen-bond donors (Lipinski definition) is 1. The van der Waals surface area contributed by atoms with Crippen LogP contribution in [0.3, 0.4) is 0 Å². The number of rotatable bonds is 6. The Bertz CT molecular complexity index is 1280. The van der Waals surface area contributed by atoms with Crippen LogP contribution in [-0.2, 0) is 0 Å². The minimum atomic E-state index is -0.406. The van der Waals surface area contributed by atoms with Crippen molar-refractivity contribution >= 4 is 16.8 Å². The lowest BCUT2D eigenvalue weighted by molar-refractivity contribution is 0.1000. The minimum absolute atomic E-state index is 0.0841. The van der Waals surface area contributed by atoms with Crippen LogP contribution in [0.5, 0.6) is 0 Å². The van der Waals surface area contributed by atoms with Crippen LogP contribution in [0.15, 0.2) is 60.8 Å². The average Bonchev–Trinajstić information content (AvgIpc) is 3.18. The van der Waals surface area contributed by atoms with Crippen LogP contribution in [0.2, 0.25) is 0 Å². The molecule has 1 atom stereocenters. The molecule has 3 aromatic carbocycles.